The maximum Gasteiger partial charge on any atom is 0.0688 e. The first-order chi connectivity index (χ1) is 9.11. The Morgan fingerprint density at radius 1 is 0.895 bits per heavy atom. The summed E-state index contributed by atoms with van der Waals surface area (Å²) in [5, 5.41) is 19.2. The fraction of sp³-hybridized carbons (Fsp3) is 0.294. The predicted molar refractivity (Wildman–Crippen MR) is 75.9 cm³/mol. The summed E-state index contributed by atoms with van der Waals surface area (Å²) in [5.74, 6) is 0. The quantitative estimate of drug-likeness (QED) is 0.865. The van der Waals surface area contributed by atoms with Gasteiger partial charge in [0.15, 0.2) is 0 Å². The molecule has 0 aliphatic heterocycles. The van der Waals surface area contributed by atoms with Gasteiger partial charge in [-0.2, -0.15) is 0 Å². The van der Waals surface area contributed by atoms with Crippen LogP contribution < -0.4 is 0 Å². The number of hydrogen-bond donors (Lipinski definition) is 2. The minimum atomic E-state index is -0.130. The minimum absolute atomic E-state index is 0.0313. The standard InChI is InChI=1S/C17H18O2/c1-17(2)15-6-4-3-5-12(15)13-8-7-11(9-18)14(10-19)16(13)17/h3-8,18-19H,9-10H2,1-2H3. The lowest BCUT2D eigenvalue weighted by molar-refractivity contribution is 0.258. The third kappa shape index (κ3) is 1.57. The van der Waals surface area contributed by atoms with E-state index in [0.29, 0.717) is 0 Å². The Bertz CT molecular complexity index is 642. The van der Waals surface area contributed by atoms with Crippen LogP contribution in [0, 0.1) is 0 Å². The van der Waals surface area contributed by atoms with Crippen molar-refractivity contribution in [2.45, 2.75) is 32.5 Å². The van der Waals surface area contributed by atoms with E-state index in [2.05, 4.69) is 38.1 Å². The molecule has 0 amide bonds. The number of rotatable bonds is 2. The van der Waals surface area contributed by atoms with Gasteiger partial charge in [-0.15, -0.1) is 0 Å². The van der Waals surface area contributed by atoms with Crippen LogP contribution in [0.15, 0.2) is 36.4 Å². The van der Waals surface area contributed by atoms with Crippen molar-refractivity contribution >= 4 is 0 Å². The number of aliphatic hydroxyl groups excluding tert-OH is 2. The SMILES string of the molecule is CC1(C)c2ccccc2-c2ccc(CO)c(CO)c21. The van der Waals surface area contributed by atoms with E-state index in [1.54, 1.807) is 0 Å². The molecule has 0 saturated heterocycles. The number of aliphatic hydroxyl groups is 2. The van der Waals surface area contributed by atoms with Gasteiger partial charge in [0.2, 0.25) is 0 Å². The van der Waals surface area contributed by atoms with Gasteiger partial charge in [-0.05, 0) is 33.4 Å². The maximum absolute atomic E-state index is 9.71. The molecule has 0 spiro atoms. The molecule has 0 saturated carbocycles. The van der Waals surface area contributed by atoms with Crippen molar-refractivity contribution in [1.29, 1.82) is 0 Å². The van der Waals surface area contributed by atoms with Crippen LogP contribution in [0.1, 0.15) is 36.1 Å². The van der Waals surface area contributed by atoms with Crippen molar-refractivity contribution < 1.29 is 10.2 Å². The zero-order chi connectivity index (χ0) is 13.6. The summed E-state index contributed by atoms with van der Waals surface area (Å²) in [7, 11) is 0. The third-order valence-electron chi connectivity index (χ3n) is 4.25. The van der Waals surface area contributed by atoms with Gasteiger partial charge in [0.25, 0.3) is 0 Å². The molecule has 0 atom stereocenters. The van der Waals surface area contributed by atoms with Gasteiger partial charge in [-0.3, -0.25) is 0 Å². The highest BCUT2D eigenvalue weighted by Gasteiger charge is 2.37. The van der Waals surface area contributed by atoms with Crippen molar-refractivity contribution in [1.82, 2.24) is 0 Å². The summed E-state index contributed by atoms with van der Waals surface area (Å²) in [6, 6.07) is 12.4. The molecular formula is C17H18O2. The van der Waals surface area contributed by atoms with Crippen molar-refractivity contribution in [2.24, 2.45) is 0 Å². The lowest BCUT2D eigenvalue weighted by atomic mass is 9.79. The molecule has 98 valence electrons. The molecule has 2 N–H and O–H groups in total. The second-order valence-electron chi connectivity index (χ2n) is 5.61. The molecular weight excluding hydrogens is 236 g/mol. The summed E-state index contributed by atoms with van der Waals surface area (Å²) >= 11 is 0. The monoisotopic (exact) mass is 254 g/mol. The molecule has 1 aliphatic rings. The molecule has 2 aromatic rings. The van der Waals surface area contributed by atoms with E-state index >= 15 is 0 Å². The van der Waals surface area contributed by atoms with Crippen molar-refractivity contribution in [3.8, 4) is 11.1 Å². The topological polar surface area (TPSA) is 40.5 Å². The van der Waals surface area contributed by atoms with Gasteiger partial charge in [0.05, 0.1) is 13.2 Å². The molecule has 3 rings (SSSR count). The molecule has 0 aromatic heterocycles. The number of hydrogen-bond acceptors (Lipinski definition) is 2. The van der Waals surface area contributed by atoms with Crippen LogP contribution >= 0.6 is 0 Å². The van der Waals surface area contributed by atoms with Crippen LogP contribution in [-0.4, -0.2) is 10.2 Å². The molecule has 0 bridgehead atoms. The van der Waals surface area contributed by atoms with Crippen LogP contribution in [0.3, 0.4) is 0 Å². The van der Waals surface area contributed by atoms with E-state index in [0.717, 1.165) is 16.7 Å². The van der Waals surface area contributed by atoms with E-state index < -0.39 is 0 Å². The molecule has 0 fully saturated rings. The highest BCUT2D eigenvalue weighted by molar-refractivity contribution is 5.82. The van der Waals surface area contributed by atoms with E-state index in [4.69, 9.17) is 0 Å². The first kappa shape index (κ1) is 12.4. The third-order valence-corrected chi connectivity index (χ3v) is 4.25. The largest absolute Gasteiger partial charge is 0.392 e. The van der Waals surface area contributed by atoms with Gasteiger partial charge in [-0.1, -0.05) is 50.2 Å². The van der Waals surface area contributed by atoms with Gasteiger partial charge in [0, 0.05) is 5.41 Å². The molecule has 2 heteroatoms. The second kappa shape index (κ2) is 4.19. The van der Waals surface area contributed by atoms with Crippen LogP contribution in [0.25, 0.3) is 11.1 Å². The Balaban J connectivity index is 2.38. The van der Waals surface area contributed by atoms with E-state index in [1.807, 2.05) is 12.1 Å². The Labute approximate surface area is 113 Å². The van der Waals surface area contributed by atoms with Crippen LogP contribution in [0.4, 0.5) is 0 Å². The molecule has 2 aromatic carbocycles. The molecule has 19 heavy (non-hydrogen) atoms. The maximum atomic E-state index is 9.71. The van der Waals surface area contributed by atoms with Crippen LogP contribution in [0.2, 0.25) is 0 Å². The van der Waals surface area contributed by atoms with Crippen molar-refractivity contribution in [3.05, 3.63) is 58.7 Å². The minimum Gasteiger partial charge on any atom is -0.392 e. The van der Waals surface area contributed by atoms with Gasteiger partial charge in [-0.25, -0.2) is 0 Å². The zero-order valence-corrected chi connectivity index (χ0v) is 11.3. The summed E-state index contributed by atoms with van der Waals surface area (Å²) < 4.78 is 0. The highest BCUT2D eigenvalue weighted by atomic mass is 16.3. The molecule has 1 aliphatic carbocycles. The first-order valence-electron chi connectivity index (χ1n) is 6.58. The average molecular weight is 254 g/mol. The lowest BCUT2D eigenvalue weighted by Gasteiger charge is -2.25. The first-order valence-corrected chi connectivity index (χ1v) is 6.58. The van der Waals surface area contributed by atoms with Gasteiger partial charge < -0.3 is 10.2 Å². The average Bonchev–Trinajstić information content (AvgIpc) is 2.67. The summed E-state index contributed by atoms with van der Waals surface area (Å²) in [5.41, 5.74) is 6.43. The Kier molecular flexibility index (Phi) is 2.73. The highest BCUT2D eigenvalue weighted by Crippen LogP contribution is 2.50. The summed E-state index contributed by atoms with van der Waals surface area (Å²) in [6.45, 7) is 4.29. The fourth-order valence-electron chi connectivity index (χ4n) is 3.36. The van der Waals surface area contributed by atoms with E-state index in [-0.39, 0.29) is 18.6 Å². The van der Waals surface area contributed by atoms with Crippen molar-refractivity contribution in [2.75, 3.05) is 0 Å². The predicted octanol–water partition coefficient (Wildman–Crippen LogP) is 2.98. The summed E-state index contributed by atoms with van der Waals surface area (Å²) in [4.78, 5) is 0. The summed E-state index contributed by atoms with van der Waals surface area (Å²) in [6.07, 6.45) is 0. The van der Waals surface area contributed by atoms with E-state index in [9.17, 15) is 10.2 Å². The molecule has 0 radical (unpaired) electrons. The molecule has 0 unspecified atom stereocenters. The second-order valence-corrected chi connectivity index (χ2v) is 5.61. The normalized spacial score (nSPS) is 15.2. The Morgan fingerprint density at radius 3 is 2.32 bits per heavy atom. The zero-order valence-electron chi connectivity index (χ0n) is 11.3. The molecule has 0 heterocycles. The van der Waals surface area contributed by atoms with Crippen LogP contribution in [0.5, 0.6) is 0 Å². The smallest absolute Gasteiger partial charge is 0.0688 e. The van der Waals surface area contributed by atoms with Gasteiger partial charge >= 0.3 is 0 Å². The number of fused-ring (bicyclic) bond motifs is 3. The fourth-order valence-corrected chi connectivity index (χ4v) is 3.36. The Hall–Kier alpha value is -1.64. The van der Waals surface area contributed by atoms with E-state index in [1.165, 1.54) is 16.7 Å². The van der Waals surface area contributed by atoms with Crippen molar-refractivity contribution in [3.63, 3.8) is 0 Å². The lowest BCUT2D eigenvalue weighted by Crippen LogP contribution is -2.18. The molecule has 2 nitrogen and oxygen atoms in total. The number of benzene rings is 2. The van der Waals surface area contributed by atoms with Gasteiger partial charge in [0.1, 0.15) is 0 Å². The van der Waals surface area contributed by atoms with Crippen LogP contribution in [-0.2, 0) is 18.6 Å². The Morgan fingerprint density at radius 2 is 1.63 bits per heavy atom.